The van der Waals surface area contributed by atoms with Gasteiger partial charge in [-0.1, -0.05) is 97.1 Å². The zero-order chi connectivity index (χ0) is 29.7. The second kappa shape index (κ2) is 10.7. The topological polar surface area (TPSA) is 18.5 Å². The van der Waals surface area contributed by atoms with E-state index in [9.17, 15) is 0 Å². The predicted molar refractivity (Wildman–Crippen MR) is 183 cm³/mol. The lowest BCUT2D eigenvalue weighted by atomic mass is 9.76. The highest BCUT2D eigenvalue weighted by Crippen LogP contribution is 2.74. The van der Waals surface area contributed by atoms with Gasteiger partial charge in [-0.15, -0.1) is 23.5 Å². The Hall–Kier alpha value is -4.38. The monoisotopic (exact) mass is 606 g/mol. The fraction of sp³-hybridized carbons (Fsp3) is 0.100. The fourth-order valence-electron chi connectivity index (χ4n) is 7.15. The van der Waals surface area contributed by atoms with Crippen molar-refractivity contribution in [3.63, 3.8) is 0 Å². The number of hydrogen-bond acceptors (Lipinski definition) is 4. The van der Waals surface area contributed by atoms with Gasteiger partial charge in [0.05, 0.1) is 23.7 Å². The summed E-state index contributed by atoms with van der Waals surface area (Å²) in [6, 6.07) is 53.2. The molecule has 4 heteroatoms. The number of rotatable bonds is 7. The molecule has 6 aromatic rings. The van der Waals surface area contributed by atoms with Crippen LogP contribution in [0.25, 0.3) is 22.3 Å². The van der Waals surface area contributed by atoms with Gasteiger partial charge in [0.15, 0.2) is 0 Å². The number of benzene rings is 6. The van der Waals surface area contributed by atoms with Crippen molar-refractivity contribution in [3.05, 3.63) is 168 Å². The molecule has 8 rings (SSSR count). The van der Waals surface area contributed by atoms with Crippen LogP contribution in [0.3, 0.4) is 0 Å². The molecule has 0 aromatic heterocycles. The van der Waals surface area contributed by atoms with Crippen LogP contribution in [-0.4, -0.2) is 14.2 Å². The van der Waals surface area contributed by atoms with Crippen molar-refractivity contribution in [3.8, 4) is 33.8 Å². The second-order valence-corrected chi connectivity index (χ2v) is 13.7. The molecule has 0 amide bonds. The first-order chi connectivity index (χ1) is 21.7. The van der Waals surface area contributed by atoms with E-state index >= 15 is 0 Å². The fourth-order valence-corrected chi connectivity index (χ4v) is 10.5. The standard InChI is InChI=1S/C40H30O2S2/c1-41-27-19-23-29(24-20-27)43-39(35-15-7-3-11-31(35)32-12-4-8-16-36(32)39)40(44-30-25-21-28(42-2)22-26-30)37-17-9-5-13-33(37)34-14-6-10-18-38(34)40/h3-26H,1-2H3. The van der Waals surface area contributed by atoms with E-state index in [-0.39, 0.29) is 0 Å². The van der Waals surface area contributed by atoms with E-state index in [1.54, 1.807) is 14.2 Å². The molecule has 2 aliphatic rings. The Balaban J connectivity index is 1.52. The molecule has 0 saturated carbocycles. The maximum absolute atomic E-state index is 5.56. The maximum Gasteiger partial charge on any atom is 0.118 e. The molecule has 0 heterocycles. The van der Waals surface area contributed by atoms with E-state index in [1.165, 1.54) is 54.3 Å². The minimum Gasteiger partial charge on any atom is -0.497 e. The highest BCUT2D eigenvalue weighted by Gasteiger charge is 2.64. The number of fused-ring (bicyclic) bond motifs is 6. The van der Waals surface area contributed by atoms with Crippen LogP contribution in [-0.2, 0) is 9.49 Å². The van der Waals surface area contributed by atoms with E-state index in [2.05, 4.69) is 146 Å². The summed E-state index contributed by atoms with van der Waals surface area (Å²) < 4.78 is 10.1. The average Bonchev–Trinajstić information content (AvgIpc) is 3.54. The summed E-state index contributed by atoms with van der Waals surface area (Å²) in [6.45, 7) is 0. The molecule has 0 aliphatic heterocycles. The van der Waals surface area contributed by atoms with Crippen molar-refractivity contribution in [1.29, 1.82) is 0 Å². The average molecular weight is 607 g/mol. The van der Waals surface area contributed by atoms with E-state index < -0.39 is 9.49 Å². The normalized spacial score (nSPS) is 14.7. The van der Waals surface area contributed by atoms with E-state index in [4.69, 9.17) is 9.47 Å². The van der Waals surface area contributed by atoms with Crippen molar-refractivity contribution in [1.82, 2.24) is 0 Å². The van der Waals surface area contributed by atoms with Crippen molar-refractivity contribution in [2.45, 2.75) is 19.3 Å². The quantitative estimate of drug-likeness (QED) is 0.180. The molecule has 2 aliphatic carbocycles. The molecule has 0 atom stereocenters. The van der Waals surface area contributed by atoms with Gasteiger partial charge in [-0.3, -0.25) is 0 Å². The first-order valence-electron chi connectivity index (χ1n) is 14.7. The molecule has 0 spiro atoms. The van der Waals surface area contributed by atoms with Gasteiger partial charge >= 0.3 is 0 Å². The lowest BCUT2D eigenvalue weighted by molar-refractivity contribution is 0.414. The second-order valence-electron chi connectivity index (χ2n) is 11.1. The van der Waals surface area contributed by atoms with Gasteiger partial charge in [-0.2, -0.15) is 0 Å². The van der Waals surface area contributed by atoms with Gasteiger partial charge in [-0.05, 0) is 93.0 Å². The number of ether oxygens (including phenoxy) is 2. The maximum atomic E-state index is 5.56. The molecule has 0 saturated heterocycles. The Labute approximate surface area is 267 Å². The molecule has 2 nitrogen and oxygen atoms in total. The SMILES string of the molecule is COc1ccc(SC2(C3(Sc4ccc(OC)cc4)c4ccccc4-c4ccccc43)c3ccccc3-c3ccccc32)cc1. The van der Waals surface area contributed by atoms with Gasteiger partial charge in [0.2, 0.25) is 0 Å². The molecule has 44 heavy (non-hydrogen) atoms. The van der Waals surface area contributed by atoms with Gasteiger partial charge in [0.1, 0.15) is 11.5 Å². The van der Waals surface area contributed by atoms with E-state index in [0.717, 1.165) is 11.5 Å². The Bertz CT molecular complexity index is 1760. The minimum absolute atomic E-state index is 0.526. The van der Waals surface area contributed by atoms with Crippen LogP contribution in [0.4, 0.5) is 0 Å². The molecular formula is C40H30O2S2. The van der Waals surface area contributed by atoms with Crippen LogP contribution < -0.4 is 9.47 Å². The van der Waals surface area contributed by atoms with Crippen molar-refractivity contribution < 1.29 is 9.47 Å². The van der Waals surface area contributed by atoms with Crippen LogP contribution in [0, 0.1) is 0 Å². The van der Waals surface area contributed by atoms with Crippen LogP contribution in [0.15, 0.2) is 155 Å². The van der Waals surface area contributed by atoms with Gasteiger partial charge in [0, 0.05) is 9.79 Å². The highest BCUT2D eigenvalue weighted by molar-refractivity contribution is 8.04. The lowest BCUT2D eigenvalue weighted by Gasteiger charge is -2.48. The zero-order valence-electron chi connectivity index (χ0n) is 24.5. The zero-order valence-corrected chi connectivity index (χ0v) is 26.1. The molecular weight excluding hydrogens is 577 g/mol. The Morgan fingerprint density at radius 3 is 0.909 bits per heavy atom. The summed E-state index contributed by atoms with van der Waals surface area (Å²) in [6.07, 6.45) is 0. The molecule has 0 bridgehead atoms. The van der Waals surface area contributed by atoms with Gasteiger partial charge in [0.25, 0.3) is 0 Å². The smallest absolute Gasteiger partial charge is 0.118 e. The summed E-state index contributed by atoms with van der Waals surface area (Å²) in [7, 11) is 3.44. The molecule has 0 N–H and O–H groups in total. The minimum atomic E-state index is -0.526. The predicted octanol–water partition coefficient (Wildman–Crippen LogP) is 10.4. The third-order valence-corrected chi connectivity index (χ3v) is 12.2. The third kappa shape index (κ3) is 3.84. The molecule has 6 aromatic carbocycles. The first kappa shape index (κ1) is 27.2. The molecule has 0 unspecified atom stereocenters. The van der Waals surface area contributed by atoms with Crippen LogP contribution in [0.2, 0.25) is 0 Å². The number of methoxy groups -OCH3 is 2. The largest absolute Gasteiger partial charge is 0.497 e. The van der Waals surface area contributed by atoms with Crippen molar-refractivity contribution >= 4 is 23.5 Å². The number of hydrogen-bond donors (Lipinski definition) is 0. The lowest BCUT2D eigenvalue weighted by Crippen LogP contribution is -2.44. The van der Waals surface area contributed by atoms with Crippen molar-refractivity contribution in [2.24, 2.45) is 0 Å². The summed E-state index contributed by atoms with van der Waals surface area (Å²) in [5.74, 6) is 1.71. The number of thioether (sulfide) groups is 2. The third-order valence-electron chi connectivity index (χ3n) is 8.96. The first-order valence-corrected chi connectivity index (χ1v) is 16.4. The molecule has 0 fully saturated rings. The van der Waals surface area contributed by atoms with Gasteiger partial charge in [-0.25, -0.2) is 0 Å². The summed E-state index contributed by atoms with van der Waals surface area (Å²) >= 11 is 3.90. The summed E-state index contributed by atoms with van der Waals surface area (Å²) in [5, 5.41) is 0. The van der Waals surface area contributed by atoms with Crippen LogP contribution in [0.5, 0.6) is 11.5 Å². The Kier molecular flexibility index (Phi) is 6.58. The summed E-state index contributed by atoms with van der Waals surface area (Å²) in [4.78, 5) is 2.38. The van der Waals surface area contributed by atoms with Crippen LogP contribution >= 0.6 is 23.5 Å². The van der Waals surface area contributed by atoms with E-state index in [0.29, 0.717) is 0 Å². The molecule has 214 valence electrons. The van der Waals surface area contributed by atoms with Crippen molar-refractivity contribution in [2.75, 3.05) is 14.2 Å². The van der Waals surface area contributed by atoms with Crippen LogP contribution in [0.1, 0.15) is 22.3 Å². The Morgan fingerprint density at radius 2 is 0.636 bits per heavy atom. The van der Waals surface area contributed by atoms with Gasteiger partial charge < -0.3 is 9.47 Å². The van der Waals surface area contributed by atoms with E-state index in [1.807, 2.05) is 23.5 Å². The molecule has 0 radical (unpaired) electrons. The Morgan fingerprint density at radius 1 is 0.364 bits per heavy atom. The summed E-state index contributed by atoms with van der Waals surface area (Å²) in [5.41, 5.74) is 10.5. The highest BCUT2D eigenvalue weighted by atomic mass is 32.2.